The zero-order chi connectivity index (χ0) is 15.3. The van der Waals surface area contributed by atoms with Crippen LogP contribution in [0.3, 0.4) is 0 Å². The molecule has 0 aromatic carbocycles. The molecular formula is C17H35N3O. The maximum Gasteiger partial charge on any atom is 0.0613 e. The van der Waals surface area contributed by atoms with Crippen LogP contribution in [0, 0.1) is 0 Å². The van der Waals surface area contributed by atoms with Gasteiger partial charge in [-0.25, -0.2) is 0 Å². The fraction of sp³-hybridized carbons (Fsp3) is 1.00. The minimum absolute atomic E-state index is 0.0238. The Hall–Kier alpha value is -0.160. The first-order valence-electron chi connectivity index (χ1n) is 8.98. The molecule has 1 saturated carbocycles. The molecule has 0 spiro atoms. The lowest BCUT2D eigenvalue weighted by atomic mass is 9.78. The van der Waals surface area contributed by atoms with E-state index >= 15 is 0 Å². The third-order valence-corrected chi connectivity index (χ3v) is 5.59. The number of nitrogens with one attached hydrogen (secondary N) is 1. The van der Waals surface area contributed by atoms with Crippen LogP contribution in [0.15, 0.2) is 0 Å². The van der Waals surface area contributed by atoms with Gasteiger partial charge in [-0.15, -0.1) is 0 Å². The van der Waals surface area contributed by atoms with Gasteiger partial charge in [0, 0.05) is 37.3 Å². The van der Waals surface area contributed by atoms with E-state index in [0.29, 0.717) is 12.1 Å². The van der Waals surface area contributed by atoms with Crippen LogP contribution in [0.4, 0.5) is 0 Å². The van der Waals surface area contributed by atoms with Gasteiger partial charge in [0.15, 0.2) is 0 Å². The highest BCUT2D eigenvalue weighted by Gasteiger charge is 2.38. The second kappa shape index (κ2) is 7.91. The maximum atomic E-state index is 9.93. The number of nitrogens with zero attached hydrogens (tertiary/aromatic N) is 2. The summed E-state index contributed by atoms with van der Waals surface area (Å²) < 4.78 is 0. The molecule has 4 nitrogen and oxygen atoms in total. The van der Waals surface area contributed by atoms with Crippen molar-refractivity contribution < 1.29 is 5.11 Å². The summed E-state index contributed by atoms with van der Waals surface area (Å²) in [5, 5.41) is 13.6. The van der Waals surface area contributed by atoms with Gasteiger partial charge in [-0.2, -0.15) is 0 Å². The van der Waals surface area contributed by atoms with Gasteiger partial charge in [-0.3, -0.25) is 9.80 Å². The van der Waals surface area contributed by atoms with Gasteiger partial charge in [0.2, 0.25) is 0 Å². The topological polar surface area (TPSA) is 38.7 Å². The molecule has 3 atom stereocenters. The molecule has 4 heteroatoms. The van der Waals surface area contributed by atoms with Gasteiger partial charge in [-0.05, 0) is 52.1 Å². The molecule has 2 aliphatic rings. The summed E-state index contributed by atoms with van der Waals surface area (Å²) >= 11 is 0. The number of hydrogen-bond acceptors (Lipinski definition) is 4. The molecule has 124 valence electrons. The van der Waals surface area contributed by atoms with Gasteiger partial charge >= 0.3 is 0 Å². The van der Waals surface area contributed by atoms with Crippen molar-refractivity contribution in [2.45, 2.75) is 70.5 Å². The predicted molar refractivity (Wildman–Crippen MR) is 88.6 cm³/mol. The van der Waals surface area contributed by atoms with E-state index in [0.717, 1.165) is 32.4 Å². The lowest BCUT2D eigenvalue weighted by Gasteiger charge is -2.48. The van der Waals surface area contributed by atoms with E-state index in [4.69, 9.17) is 0 Å². The van der Waals surface area contributed by atoms with Crippen LogP contribution in [0.5, 0.6) is 0 Å². The monoisotopic (exact) mass is 297 g/mol. The fourth-order valence-corrected chi connectivity index (χ4v) is 4.22. The smallest absolute Gasteiger partial charge is 0.0613 e. The van der Waals surface area contributed by atoms with E-state index in [2.05, 4.69) is 35.9 Å². The molecule has 0 aromatic rings. The molecule has 2 fully saturated rings. The van der Waals surface area contributed by atoms with Crippen molar-refractivity contribution in [3.63, 3.8) is 0 Å². The Labute approximate surface area is 130 Å². The van der Waals surface area contributed by atoms with Crippen LogP contribution in [-0.4, -0.2) is 71.9 Å². The summed E-state index contributed by atoms with van der Waals surface area (Å²) in [6, 6.07) is 1.31. The molecular weight excluding hydrogens is 262 g/mol. The Morgan fingerprint density at radius 3 is 2.71 bits per heavy atom. The zero-order valence-corrected chi connectivity index (χ0v) is 14.3. The van der Waals surface area contributed by atoms with Gasteiger partial charge in [-0.1, -0.05) is 13.8 Å². The second-order valence-corrected chi connectivity index (χ2v) is 7.09. The average molecular weight is 297 g/mol. The normalized spacial score (nSPS) is 36.0. The summed E-state index contributed by atoms with van der Waals surface area (Å²) in [5.74, 6) is 0. The highest BCUT2D eigenvalue weighted by atomic mass is 16.3. The Balaban J connectivity index is 1.94. The standard InChI is InChI=1S/C17H35N3O/c1-4-9-18-17(14-21)8-6-7-16(12-17)20-11-10-19(5-2)15(3)13-20/h15-16,18,21H,4-14H2,1-3H3. The molecule has 1 aliphatic heterocycles. The van der Waals surface area contributed by atoms with Crippen molar-refractivity contribution in [1.82, 2.24) is 15.1 Å². The lowest BCUT2D eigenvalue weighted by molar-refractivity contribution is 0.0146. The molecule has 21 heavy (non-hydrogen) atoms. The van der Waals surface area contributed by atoms with Gasteiger partial charge < -0.3 is 10.4 Å². The molecule has 2 N–H and O–H groups in total. The van der Waals surface area contributed by atoms with Gasteiger partial charge in [0.25, 0.3) is 0 Å². The largest absolute Gasteiger partial charge is 0.394 e. The molecule has 2 rings (SSSR count). The van der Waals surface area contributed by atoms with Crippen molar-refractivity contribution in [2.75, 3.05) is 39.3 Å². The first kappa shape index (κ1) is 17.2. The summed E-state index contributed by atoms with van der Waals surface area (Å²) in [6.45, 7) is 12.9. The Morgan fingerprint density at radius 2 is 2.10 bits per heavy atom. The lowest BCUT2D eigenvalue weighted by Crippen LogP contribution is -2.60. The third-order valence-electron chi connectivity index (χ3n) is 5.59. The number of aliphatic hydroxyl groups is 1. The maximum absolute atomic E-state index is 9.93. The van der Waals surface area contributed by atoms with E-state index < -0.39 is 0 Å². The first-order chi connectivity index (χ1) is 10.1. The van der Waals surface area contributed by atoms with Crippen molar-refractivity contribution >= 4 is 0 Å². The number of hydrogen-bond donors (Lipinski definition) is 2. The van der Waals surface area contributed by atoms with Gasteiger partial charge in [0.1, 0.15) is 0 Å². The SMILES string of the molecule is CCCNC1(CO)CCCC(N2CCN(CC)C(C)C2)C1. The Kier molecular flexibility index (Phi) is 6.48. The quantitative estimate of drug-likeness (QED) is 0.782. The van der Waals surface area contributed by atoms with Crippen molar-refractivity contribution in [3.8, 4) is 0 Å². The molecule has 3 unspecified atom stereocenters. The number of aliphatic hydroxyl groups excluding tert-OH is 1. The number of piperazine rings is 1. The minimum Gasteiger partial charge on any atom is -0.394 e. The summed E-state index contributed by atoms with van der Waals surface area (Å²) in [4.78, 5) is 5.27. The van der Waals surface area contributed by atoms with E-state index in [1.165, 1.54) is 32.5 Å². The first-order valence-corrected chi connectivity index (χ1v) is 8.98. The molecule has 0 bridgehead atoms. The van der Waals surface area contributed by atoms with Crippen LogP contribution in [0.1, 0.15) is 52.9 Å². The number of likely N-dealkylation sites (N-methyl/N-ethyl adjacent to an activating group) is 1. The van der Waals surface area contributed by atoms with E-state index in [1.807, 2.05) is 0 Å². The summed E-state index contributed by atoms with van der Waals surface area (Å²) in [5.41, 5.74) is -0.0238. The number of rotatable bonds is 6. The minimum atomic E-state index is -0.0238. The molecule has 0 radical (unpaired) electrons. The fourth-order valence-electron chi connectivity index (χ4n) is 4.22. The highest BCUT2D eigenvalue weighted by Crippen LogP contribution is 2.32. The highest BCUT2D eigenvalue weighted by molar-refractivity contribution is 4.97. The van der Waals surface area contributed by atoms with E-state index in [-0.39, 0.29) is 12.1 Å². The van der Waals surface area contributed by atoms with Crippen LogP contribution < -0.4 is 5.32 Å². The van der Waals surface area contributed by atoms with Crippen LogP contribution in [0.2, 0.25) is 0 Å². The average Bonchev–Trinajstić information content (AvgIpc) is 2.53. The van der Waals surface area contributed by atoms with E-state index in [9.17, 15) is 5.11 Å². The second-order valence-electron chi connectivity index (χ2n) is 7.09. The molecule has 0 aromatic heterocycles. The predicted octanol–water partition coefficient (Wildman–Crippen LogP) is 1.69. The van der Waals surface area contributed by atoms with Crippen molar-refractivity contribution in [1.29, 1.82) is 0 Å². The van der Waals surface area contributed by atoms with Gasteiger partial charge in [0.05, 0.1) is 6.61 Å². The summed E-state index contributed by atoms with van der Waals surface area (Å²) in [6.07, 6.45) is 5.92. The molecule has 1 saturated heterocycles. The summed E-state index contributed by atoms with van der Waals surface area (Å²) in [7, 11) is 0. The van der Waals surface area contributed by atoms with E-state index in [1.54, 1.807) is 0 Å². The molecule has 0 amide bonds. The Bertz CT molecular complexity index is 312. The van der Waals surface area contributed by atoms with Crippen molar-refractivity contribution in [3.05, 3.63) is 0 Å². The molecule has 1 aliphatic carbocycles. The van der Waals surface area contributed by atoms with Crippen LogP contribution in [-0.2, 0) is 0 Å². The Morgan fingerprint density at radius 1 is 1.29 bits per heavy atom. The molecule has 1 heterocycles. The van der Waals surface area contributed by atoms with Crippen molar-refractivity contribution in [2.24, 2.45) is 0 Å². The zero-order valence-electron chi connectivity index (χ0n) is 14.3. The van der Waals surface area contributed by atoms with Crippen LogP contribution >= 0.6 is 0 Å². The third kappa shape index (κ3) is 4.19. The van der Waals surface area contributed by atoms with Crippen LogP contribution in [0.25, 0.3) is 0 Å².